The van der Waals surface area contributed by atoms with Gasteiger partial charge in [0.2, 0.25) is 5.91 Å². The van der Waals surface area contributed by atoms with Crippen LogP contribution in [-0.2, 0) is 9.59 Å². The standard InChI is InChI=1S/C12H21NO3/c1-5-7-13(6-2)10(14)8-12(3,4)9-11(15)16/h5H,1,6-9H2,2-4H3,(H,15,16). The van der Waals surface area contributed by atoms with Crippen molar-refractivity contribution in [2.75, 3.05) is 13.1 Å². The minimum absolute atomic E-state index is 0.00435. The van der Waals surface area contributed by atoms with Crippen LogP contribution >= 0.6 is 0 Å². The fourth-order valence-corrected chi connectivity index (χ4v) is 1.56. The SMILES string of the molecule is C=CCN(CC)C(=O)CC(C)(C)CC(=O)O. The van der Waals surface area contributed by atoms with Gasteiger partial charge in [-0.05, 0) is 12.3 Å². The summed E-state index contributed by atoms with van der Waals surface area (Å²) in [6, 6.07) is 0. The fourth-order valence-electron chi connectivity index (χ4n) is 1.56. The molecule has 16 heavy (non-hydrogen) atoms. The van der Waals surface area contributed by atoms with Crippen molar-refractivity contribution in [2.45, 2.75) is 33.6 Å². The monoisotopic (exact) mass is 227 g/mol. The average molecular weight is 227 g/mol. The Hall–Kier alpha value is -1.32. The van der Waals surface area contributed by atoms with E-state index >= 15 is 0 Å². The number of likely N-dealkylation sites (N-methyl/N-ethyl adjacent to an activating group) is 1. The number of carbonyl (C=O) groups is 2. The molecule has 0 aliphatic rings. The van der Waals surface area contributed by atoms with Crippen molar-refractivity contribution >= 4 is 11.9 Å². The summed E-state index contributed by atoms with van der Waals surface area (Å²) in [5.41, 5.74) is -0.502. The van der Waals surface area contributed by atoms with Crippen LogP contribution in [0.3, 0.4) is 0 Å². The molecule has 0 aromatic carbocycles. The van der Waals surface area contributed by atoms with E-state index in [2.05, 4.69) is 6.58 Å². The molecule has 0 unspecified atom stereocenters. The normalized spacial score (nSPS) is 10.9. The molecule has 0 rings (SSSR count). The molecule has 0 aromatic heterocycles. The van der Waals surface area contributed by atoms with Crippen molar-refractivity contribution < 1.29 is 14.7 Å². The third-order valence-electron chi connectivity index (χ3n) is 2.34. The molecule has 0 radical (unpaired) electrons. The van der Waals surface area contributed by atoms with Crippen LogP contribution in [0.15, 0.2) is 12.7 Å². The van der Waals surface area contributed by atoms with Crippen molar-refractivity contribution in [1.29, 1.82) is 0 Å². The second-order valence-corrected chi connectivity index (χ2v) is 4.63. The van der Waals surface area contributed by atoms with Gasteiger partial charge < -0.3 is 10.0 Å². The van der Waals surface area contributed by atoms with Gasteiger partial charge in [-0.3, -0.25) is 9.59 Å². The van der Waals surface area contributed by atoms with Crippen LogP contribution in [0.1, 0.15) is 33.6 Å². The Balaban J connectivity index is 4.40. The highest BCUT2D eigenvalue weighted by Crippen LogP contribution is 2.25. The molecule has 0 spiro atoms. The quantitative estimate of drug-likeness (QED) is 0.676. The number of nitrogens with zero attached hydrogens (tertiary/aromatic N) is 1. The molecule has 4 heteroatoms. The van der Waals surface area contributed by atoms with Crippen LogP contribution in [-0.4, -0.2) is 35.0 Å². The maximum Gasteiger partial charge on any atom is 0.303 e. The summed E-state index contributed by atoms with van der Waals surface area (Å²) in [7, 11) is 0. The van der Waals surface area contributed by atoms with E-state index in [1.165, 1.54) is 0 Å². The second kappa shape index (κ2) is 6.30. The Morgan fingerprint density at radius 1 is 1.38 bits per heavy atom. The third-order valence-corrected chi connectivity index (χ3v) is 2.34. The summed E-state index contributed by atoms with van der Waals surface area (Å²) < 4.78 is 0. The predicted molar refractivity (Wildman–Crippen MR) is 63.1 cm³/mol. The largest absolute Gasteiger partial charge is 0.481 e. The zero-order chi connectivity index (χ0) is 12.8. The highest BCUT2D eigenvalue weighted by atomic mass is 16.4. The number of amides is 1. The summed E-state index contributed by atoms with van der Waals surface area (Å²) in [5, 5.41) is 8.72. The summed E-state index contributed by atoms with van der Waals surface area (Å²) in [4.78, 5) is 24.1. The molecular formula is C12H21NO3. The maximum atomic E-state index is 11.8. The molecule has 0 atom stereocenters. The highest BCUT2D eigenvalue weighted by molar-refractivity contribution is 5.78. The average Bonchev–Trinajstić information content (AvgIpc) is 2.10. The number of rotatable bonds is 7. The molecule has 0 fully saturated rings. The molecule has 0 heterocycles. The van der Waals surface area contributed by atoms with Crippen LogP contribution in [0.2, 0.25) is 0 Å². The second-order valence-electron chi connectivity index (χ2n) is 4.63. The van der Waals surface area contributed by atoms with Crippen LogP contribution in [0.25, 0.3) is 0 Å². The van der Waals surface area contributed by atoms with E-state index < -0.39 is 11.4 Å². The molecule has 92 valence electrons. The summed E-state index contributed by atoms with van der Waals surface area (Å²) in [6.07, 6.45) is 1.93. The maximum absolute atomic E-state index is 11.8. The van der Waals surface area contributed by atoms with E-state index in [0.717, 1.165) is 0 Å². The van der Waals surface area contributed by atoms with Crippen molar-refractivity contribution in [3.63, 3.8) is 0 Å². The summed E-state index contributed by atoms with van der Waals surface area (Å²) in [5.74, 6) is -0.891. The molecule has 0 aromatic rings. The lowest BCUT2D eigenvalue weighted by atomic mass is 9.85. The number of carboxylic acids is 1. The van der Waals surface area contributed by atoms with Gasteiger partial charge in [-0.2, -0.15) is 0 Å². The minimum Gasteiger partial charge on any atom is -0.481 e. The Labute approximate surface area is 96.9 Å². The Morgan fingerprint density at radius 3 is 2.31 bits per heavy atom. The fraction of sp³-hybridized carbons (Fsp3) is 0.667. The molecule has 0 bridgehead atoms. The van der Waals surface area contributed by atoms with Gasteiger partial charge in [0.1, 0.15) is 0 Å². The van der Waals surface area contributed by atoms with E-state index in [-0.39, 0.29) is 18.7 Å². The van der Waals surface area contributed by atoms with E-state index in [1.807, 2.05) is 6.92 Å². The van der Waals surface area contributed by atoms with Crippen molar-refractivity contribution in [3.8, 4) is 0 Å². The van der Waals surface area contributed by atoms with Gasteiger partial charge in [-0.15, -0.1) is 6.58 Å². The first-order valence-corrected chi connectivity index (χ1v) is 5.43. The van der Waals surface area contributed by atoms with Gasteiger partial charge in [0.25, 0.3) is 0 Å². The molecule has 1 amide bonds. The first kappa shape index (κ1) is 14.7. The molecule has 4 nitrogen and oxygen atoms in total. The number of carboxylic acid groups (broad SMARTS) is 1. The topological polar surface area (TPSA) is 57.6 Å². The number of hydrogen-bond donors (Lipinski definition) is 1. The molecule has 1 N–H and O–H groups in total. The molecule has 0 aliphatic heterocycles. The Bertz CT molecular complexity index is 271. The van der Waals surface area contributed by atoms with Gasteiger partial charge >= 0.3 is 5.97 Å². The lowest BCUT2D eigenvalue weighted by molar-refractivity contribution is -0.140. The first-order chi connectivity index (χ1) is 7.32. The van der Waals surface area contributed by atoms with E-state index in [4.69, 9.17) is 5.11 Å². The van der Waals surface area contributed by atoms with Crippen LogP contribution in [0.5, 0.6) is 0 Å². The van der Waals surface area contributed by atoms with Gasteiger partial charge in [0.05, 0.1) is 6.42 Å². The first-order valence-electron chi connectivity index (χ1n) is 5.43. The summed E-state index contributed by atoms with van der Waals surface area (Å²) >= 11 is 0. The van der Waals surface area contributed by atoms with Crippen molar-refractivity contribution in [1.82, 2.24) is 4.90 Å². The zero-order valence-electron chi connectivity index (χ0n) is 10.3. The molecule has 0 saturated carbocycles. The van der Waals surface area contributed by atoms with Crippen LogP contribution in [0, 0.1) is 5.41 Å². The molecule has 0 saturated heterocycles. The van der Waals surface area contributed by atoms with Gasteiger partial charge in [-0.25, -0.2) is 0 Å². The smallest absolute Gasteiger partial charge is 0.303 e. The lowest BCUT2D eigenvalue weighted by Gasteiger charge is -2.26. The Kier molecular flexibility index (Phi) is 5.78. The number of aliphatic carboxylic acids is 1. The van der Waals surface area contributed by atoms with Crippen molar-refractivity contribution in [2.24, 2.45) is 5.41 Å². The van der Waals surface area contributed by atoms with E-state index in [0.29, 0.717) is 13.1 Å². The van der Waals surface area contributed by atoms with Crippen LogP contribution < -0.4 is 0 Å². The highest BCUT2D eigenvalue weighted by Gasteiger charge is 2.26. The summed E-state index contributed by atoms with van der Waals surface area (Å²) in [6.45, 7) is 10.2. The van der Waals surface area contributed by atoms with E-state index in [1.54, 1.807) is 24.8 Å². The van der Waals surface area contributed by atoms with Gasteiger partial charge in [0, 0.05) is 19.5 Å². The predicted octanol–water partition coefficient (Wildman–Crippen LogP) is 1.91. The van der Waals surface area contributed by atoms with Gasteiger partial charge in [0.15, 0.2) is 0 Å². The van der Waals surface area contributed by atoms with Crippen molar-refractivity contribution in [3.05, 3.63) is 12.7 Å². The lowest BCUT2D eigenvalue weighted by Crippen LogP contribution is -2.34. The molecule has 0 aliphatic carbocycles. The molecular weight excluding hydrogens is 206 g/mol. The zero-order valence-corrected chi connectivity index (χ0v) is 10.3. The third kappa shape index (κ3) is 5.53. The minimum atomic E-state index is -0.871. The Morgan fingerprint density at radius 2 is 1.94 bits per heavy atom. The van der Waals surface area contributed by atoms with E-state index in [9.17, 15) is 9.59 Å². The number of carbonyl (C=O) groups excluding carboxylic acids is 1. The van der Waals surface area contributed by atoms with Crippen LogP contribution in [0.4, 0.5) is 0 Å². The van der Waals surface area contributed by atoms with Gasteiger partial charge in [-0.1, -0.05) is 19.9 Å². The number of hydrogen-bond acceptors (Lipinski definition) is 2.